The quantitative estimate of drug-likeness (QED) is 0.873. The Morgan fingerprint density at radius 2 is 2.17 bits per heavy atom. The lowest BCUT2D eigenvalue weighted by Crippen LogP contribution is -2.15. The van der Waals surface area contributed by atoms with Gasteiger partial charge in [0.2, 0.25) is 0 Å². The first-order chi connectivity index (χ1) is 8.61. The molecule has 3 rings (SSSR count). The molecule has 3 atom stereocenters. The highest BCUT2D eigenvalue weighted by atomic mass is 16.5. The number of hydrogen-bond acceptors (Lipinski definition) is 3. The van der Waals surface area contributed by atoms with Gasteiger partial charge in [-0.2, -0.15) is 0 Å². The highest BCUT2D eigenvalue weighted by Gasteiger charge is 2.36. The summed E-state index contributed by atoms with van der Waals surface area (Å²) >= 11 is 0. The smallest absolute Gasteiger partial charge is 0.128 e. The Kier molecular flexibility index (Phi) is 2.74. The largest absolute Gasteiger partial charge is 0.494 e. The first-order valence-corrected chi connectivity index (χ1v) is 6.85. The summed E-state index contributed by atoms with van der Waals surface area (Å²) in [5.74, 6) is 2.52. The lowest BCUT2D eigenvalue weighted by atomic mass is 9.99. The highest BCUT2D eigenvalue weighted by molar-refractivity contribution is 5.59. The van der Waals surface area contributed by atoms with Gasteiger partial charge >= 0.3 is 0 Å². The number of ether oxygens (including phenoxy) is 2. The molecular formula is C15H21NO2. The molecule has 0 radical (unpaired) electrons. The molecule has 1 aliphatic heterocycles. The van der Waals surface area contributed by atoms with Crippen LogP contribution in [0.3, 0.4) is 0 Å². The normalized spacial score (nSPS) is 28.8. The molecule has 0 saturated heterocycles. The predicted octanol–water partition coefficient (Wildman–Crippen LogP) is 2.60. The lowest BCUT2D eigenvalue weighted by molar-refractivity contribution is 0.251. The van der Waals surface area contributed by atoms with Gasteiger partial charge in [0.05, 0.1) is 6.61 Å². The summed E-state index contributed by atoms with van der Waals surface area (Å²) in [7, 11) is 0. The van der Waals surface area contributed by atoms with Gasteiger partial charge in [0.15, 0.2) is 0 Å². The molecule has 3 unspecified atom stereocenters. The molecule has 0 spiro atoms. The second-order valence-electron chi connectivity index (χ2n) is 5.53. The molecule has 2 N–H and O–H groups in total. The van der Waals surface area contributed by atoms with Crippen LogP contribution < -0.4 is 15.2 Å². The molecule has 0 amide bonds. The van der Waals surface area contributed by atoms with E-state index >= 15 is 0 Å². The Labute approximate surface area is 108 Å². The molecule has 98 valence electrons. The minimum Gasteiger partial charge on any atom is -0.494 e. The van der Waals surface area contributed by atoms with Crippen molar-refractivity contribution in [2.45, 2.75) is 45.8 Å². The molecule has 1 aromatic rings. The average Bonchev–Trinajstić information content (AvgIpc) is 2.81. The van der Waals surface area contributed by atoms with Gasteiger partial charge in [0.25, 0.3) is 0 Å². The Balaban J connectivity index is 2.15. The number of fused-ring (bicyclic) bond motifs is 3. The van der Waals surface area contributed by atoms with Crippen molar-refractivity contribution in [3.05, 3.63) is 22.8 Å². The van der Waals surface area contributed by atoms with E-state index in [0.717, 1.165) is 24.3 Å². The van der Waals surface area contributed by atoms with Crippen LogP contribution >= 0.6 is 0 Å². The van der Waals surface area contributed by atoms with Crippen molar-refractivity contribution in [1.82, 2.24) is 0 Å². The van der Waals surface area contributed by atoms with Gasteiger partial charge in [-0.05, 0) is 32.3 Å². The van der Waals surface area contributed by atoms with Crippen LogP contribution in [0.5, 0.6) is 11.5 Å². The third-order valence-corrected chi connectivity index (χ3v) is 4.06. The van der Waals surface area contributed by atoms with Crippen LogP contribution in [0.25, 0.3) is 0 Å². The van der Waals surface area contributed by atoms with Gasteiger partial charge in [-0.15, -0.1) is 0 Å². The number of nitrogens with two attached hydrogens (primary N) is 1. The molecule has 1 heterocycles. The zero-order chi connectivity index (χ0) is 12.9. The van der Waals surface area contributed by atoms with E-state index in [2.05, 4.69) is 19.9 Å². The van der Waals surface area contributed by atoms with E-state index in [1.165, 1.54) is 16.7 Å². The zero-order valence-electron chi connectivity index (χ0n) is 11.3. The van der Waals surface area contributed by atoms with Crippen molar-refractivity contribution in [3.8, 4) is 11.5 Å². The van der Waals surface area contributed by atoms with Crippen molar-refractivity contribution in [1.29, 1.82) is 0 Å². The van der Waals surface area contributed by atoms with Gasteiger partial charge < -0.3 is 15.2 Å². The third-order valence-electron chi connectivity index (χ3n) is 4.06. The van der Waals surface area contributed by atoms with Gasteiger partial charge in [-0.25, -0.2) is 0 Å². The van der Waals surface area contributed by atoms with Crippen molar-refractivity contribution in [3.63, 3.8) is 0 Å². The summed E-state index contributed by atoms with van der Waals surface area (Å²) in [4.78, 5) is 0. The van der Waals surface area contributed by atoms with E-state index < -0.39 is 0 Å². The molecule has 18 heavy (non-hydrogen) atoms. The molecule has 0 saturated carbocycles. The number of hydrogen-bond donors (Lipinski definition) is 1. The van der Waals surface area contributed by atoms with Gasteiger partial charge in [0, 0.05) is 29.2 Å². The molecule has 0 aromatic heterocycles. The van der Waals surface area contributed by atoms with Crippen molar-refractivity contribution in [2.24, 2.45) is 11.7 Å². The Hall–Kier alpha value is -1.22. The van der Waals surface area contributed by atoms with Crippen LogP contribution in [0.2, 0.25) is 0 Å². The van der Waals surface area contributed by atoms with Crippen molar-refractivity contribution in [2.75, 3.05) is 6.61 Å². The summed E-state index contributed by atoms with van der Waals surface area (Å²) in [6.07, 6.45) is 2.21. The van der Waals surface area contributed by atoms with Crippen LogP contribution in [0.15, 0.2) is 6.07 Å². The second-order valence-corrected chi connectivity index (χ2v) is 5.53. The maximum atomic E-state index is 6.34. The number of benzene rings is 1. The first-order valence-electron chi connectivity index (χ1n) is 6.85. The van der Waals surface area contributed by atoms with E-state index in [1.807, 2.05) is 6.92 Å². The zero-order valence-corrected chi connectivity index (χ0v) is 11.3. The summed E-state index contributed by atoms with van der Waals surface area (Å²) in [6, 6.07) is 2.24. The maximum Gasteiger partial charge on any atom is 0.128 e. The monoisotopic (exact) mass is 247 g/mol. The fourth-order valence-electron chi connectivity index (χ4n) is 3.18. The van der Waals surface area contributed by atoms with E-state index in [0.29, 0.717) is 12.5 Å². The van der Waals surface area contributed by atoms with E-state index in [1.54, 1.807) is 0 Å². The fourth-order valence-corrected chi connectivity index (χ4v) is 3.18. The SMILES string of the molecule is CCOc1cc2c(c3c1CC(C)C3N)OC(C)C2. The summed E-state index contributed by atoms with van der Waals surface area (Å²) in [6.45, 7) is 7.03. The first kappa shape index (κ1) is 11.8. The molecule has 3 nitrogen and oxygen atoms in total. The third kappa shape index (κ3) is 1.61. The fraction of sp³-hybridized carbons (Fsp3) is 0.600. The molecule has 1 aromatic carbocycles. The maximum absolute atomic E-state index is 6.34. The van der Waals surface area contributed by atoms with Crippen LogP contribution in [0, 0.1) is 5.92 Å². The van der Waals surface area contributed by atoms with Crippen molar-refractivity contribution < 1.29 is 9.47 Å². The van der Waals surface area contributed by atoms with Crippen LogP contribution in [-0.4, -0.2) is 12.7 Å². The molecule has 1 aliphatic carbocycles. The van der Waals surface area contributed by atoms with Gasteiger partial charge in [-0.1, -0.05) is 6.92 Å². The van der Waals surface area contributed by atoms with E-state index in [4.69, 9.17) is 15.2 Å². The highest BCUT2D eigenvalue weighted by Crippen LogP contribution is 2.48. The Morgan fingerprint density at radius 3 is 2.89 bits per heavy atom. The average molecular weight is 247 g/mol. The van der Waals surface area contributed by atoms with E-state index in [-0.39, 0.29) is 12.1 Å². The van der Waals surface area contributed by atoms with Gasteiger partial charge in [-0.3, -0.25) is 0 Å². The second kappa shape index (κ2) is 4.16. The standard InChI is InChI=1S/C15H21NO2/c1-4-17-12-7-10-6-9(3)18-15(10)13-11(12)5-8(2)14(13)16/h7-9,14H,4-6,16H2,1-3H3. The molecule has 0 fully saturated rings. The molecule has 2 aliphatic rings. The van der Waals surface area contributed by atoms with Crippen LogP contribution in [0.1, 0.15) is 43.5 Å². The summed E-state index contributed by atoms with van der Waals surface area (Å²) in [5, 5.41) is 0. The molecule has 3 heteroatoms. The van der Waals surface area contributed by atoms with Gasteiger partial charge in [0.1, 0.15) is 17.6 Å². The van der Waals surface area contributed by atoms with E-state index in [9.17, 15) is 0 Å². The Morgan fingerprint density at radius 1 is 1.39 bits per heavy atom. The summed E-state index contributed by atoms with van der Waals surface area (Å²) in [5.41, 5.74) is 10.1. The lowest BCUT2D eigenvalue weighted by Gasteiger charge is -2.16. The minimum atomic E-state index is 0.0828. The van der Waals surface area contributed by atoms with Crippen molar-refractivity contribution >= 4 is 0 Å². The molecule has 0 bridgehead atoms. The summed E-state index contributed by atoms with van der Waals surface area (Å²) < 4.78 is 11.8. The molecular weight excluding hydrogens is 226 g/mol. The topological polar surface area (TPSA) is 44.5 Å². The predicted molar refractivity (Wildman–Crippen MR) is 71.2 cm³/mol. The number of rotatable bonds is 2. The minimum absolute atomic E-state index is 0.0828. The van der Waals surface area contributed by atoms with Crippen LogP contribution in [0.4, 0.5) is 0 Å². The van der Waals surface area contributed by atoms with Crippen LogP contribution in [-0.2, 0) is 12.8 Å². The Bertz CT molecular complexity index is 484.